The summed E-state index contributed by atoms with van der Waals surface area (Å²) in [6, 6.07) is 20.5. The van der Waals surface area contributed by atoms with Gasteiger partial charge in [0.1, 0.15) is 12.6 Å². The highest BCUT2D eigenvalue weighted by Crippen LogP contribution is 2.26. The predicted octanol–water partition coefficient (Wildman–Crippen LogP) is 5.74. The van der Waals surface area contributed by atoms with Gasteiger partial charge < -0.3 is 10.2 Å². The van der Waals surface area contributed by atoms with Crippen molar-refractivity contribution >= 4 is 43.5 Å². The van der Waals surface area contributed by atoms with E-state index >= 15 is 0 Å². The molecule has 0 bridgehead atoms. The van der Waals surface area contributed by atoms with Crippen molar-refractivity contribution in [1.82, 2.24) is 10.2 Å². The minimum absolute atomic E-state index is 0.0953. The number of amides is 2. The first-order valence-corrected chi connectivity index (χ1v) is 15.8. The number of halogens is 1. The van der Waals surface area contributed by atoms with Crippen LogP contribution in [0.15, 0.2) is 82.2 Å². The number of aryl methyl sites for hydroxylation is 2. The van der Waals surface area contributed by atoms with Gasteiger partial charge in [-0.3, -0.25) is 13.9 Å². The lowest BCUT2D eigenvalue weighted by Gasteiger charge is -2.32. The van der Waals surface area contributed by atoms with E-state index in [4.69, 9.17) is 0 Å². The zero-order valence-electron chi connectivity index (χ0n) is 23.1. The normalized spacial score (nSPS) is 14.5. The molecule has 1 N–H and O–H groups in total. The number of anilines is 1. The minimum atomic E-state index is -4.08. The van der Waals surface area contributed by atoms with Gasteiger partial charge in [0.15, 0.2) is 0 Å². The van der Waals surface area contributed by atoms with E-state index in [1.807, 2.05) is 44.2 Å². The van der Waals surface area contributed by atoms with Crippen molar-refractivity contribution in [3.05, 3.63) is 94.0 Å². The van der Waals surface area contributed by atoms with Crippen molar-refractivity contribution in [1.29, 1.82) is 0 Å². The first kappa shape index (κ1) is 29.8. The molecule has 212 valence electrons. The molecule has 1 saturated carbocycles. The topological polar surface area (TPSA) is 86.8 Å². The molecule has 1 aliphatic rings. The fraction of sp³-hybridized carbons (Fsp3) is 0.355. The number of hydrogen-bond donors (Lipinski definition) is 1. The van der Waals surface area contributed by atoms with Gasteiger partial charge >= 0.3 is 0 Å². The van der Waals surface area contributed by atoms with Crippen LogP contribution in [0, 0.1) is 13.8 Å². The maximum Gasteiger partial charge on any atom is 0.264 e. The Bertz CT molecular complexity index is 1450. The smallest absolute Gasteiger partial charge is 0.264 e. The van der Waals surface area contributed by atoms with Crippen molar-refractivity contribution in [3.63, 3.8) is 0 Å². The highest BCUT2D eigenvalue weighted by molar-refractivity contribution is 9.10. The third kappa shape index (κ3) is 7.31. The quantitative estimate of drug-likeness (QED) is 0.311. The van der Waals surface area contributed by atoms with Crippen LogP contribution in [-0.2, 0) is 26.2 Å². The van der Waals surface area contributed by atoms with E-state index < -0.39 is 28.5 Å². The number of nitrogens with zero attached hydrogens (tertiary/aromatic N) is 2. The SMILES string of the molecule is Cc1ccc(S(=O)(=O)N(CC(=O)N(Cc2cccc(Br)c2)[C@H](C)C(=O)NC2CCCC2)c2cccc(C)c2)cc1. The third-order valence-corrected chi connectivity index (χ3v) is 9.57. The molecule has 0 spiro atoms. The Labute approximate surface area is 245 Å². The van der Waals surface area contributed by atoms with E-state index in [2.05, 4.69) is 21.2 Å². The average molecular weight is 627 g/mol. The predicted molar refractivity (Wildman–Crippen MR) is 161 cm³/mol. The van der Waals surface area contributed by atoms with Gasteiger partial charge in [-0.15, -0.1) is 0 Å². The number of carbonyl (C=O) groups excluding carboxylic acids is 2. The zero-order chi connectivity index (χ0) is 28.9. The van der Waals surface area contributed by atoms with Gasteiger partial charge in [-0.2, -0.15) is 0 Å². The Morgan fingerprint density at radius 2 is 1.62 bits per heavy atom. The Morgan fingerprint density at radius 1 is 0.950 bits per heavy atom. The summed E-state index contributed by atoms with van der Waals surface area (Å²) in [5.41, 5.74) is 3.01. The lowest BCUT2D eigenvalue weighted by atomic mass is 10.1. The Hall–Kier alpha value is -3.17. The zero-order valence-corrected chi connectivity index (χ0v) is 25.5. The Kier molecular flexibility index (Phi) is 9.68. The lowest BCUT2D eigenvalue weighted by molar-refractivity contribution is -0.139. The molecule has 0 heterocycles. The number of hydrogen-bond acceptors (Lipinski definition) is 4. The number of sulfonamides is 1. The monoisotopic (exact) mass is 625 g/mol. The van der Waals surface area contributed by atoms with E-state index in [9.17, 15) is 18.0 Å². The highest BCUT2D eigenvalue weighted by Gasteiger charge is 2.33. The van der Waals surface area contributed by atoms with Gasteiger partial charge in [-0.25, -0.2) is 8.42 Å². The minimum Gasteiger partial charge on any atom is -0.352 e. The maximum absolute atomic E-state index is 14.0. The maximum atomic E-state index is 14.0. The molecule has 1 atom stereocenters. The number of rotatable bonds is 10. The molecule has 1 fully saturated rings. The van der Waals surface area contributed by atoms with Crippen molar-refractivity contribution in [2.75, 3.05) is 10.8 Å². The van der Waals surface area contributed by atoms with Gasteiger partial charge in [-0.05, 0) is 81.1 Å². The lowest BCUT2D eigenvalue weighted by Crippen LogP contribution is -2.52. The second-order valence-corrected chi connectivity index (χ2v) is 13.3. The summed E-state index contributed by atoms with van der Waals surface area (Å²) in [6.45, 7) is 5.16. The van der Waals surface area contributed by atoms with Crippen molar-refractivity contribution in [2.24, 2.45) is 0 Å². The first-order chi connectivity index (χ1) is 19.0. The van der Waals surface area contributed by atoms with Crippen LogP contribution in [0.1, 0.15) is 49.3 Å². The number of carbonyl (C=O) groups is 2. The van der Waals surface area contributed by atoms with E-state index in [0.717, 1.165) is 51.2 Å². The summed E-state index contributed by atoms with van der Waals surface area (Å²) in [6.07, 6.45) is 3.99. The molecule has 0 aliphatic heterocycles. The molecule has 9 heteroatoms. The van der Waals surface area contributed by atoms with Crippen molar-refractivity contribution in [2.45, 2.75) is 70.0 Å². The third-order valence-electron chi connectivity index (χ3n) is 7.29. The molecule has 7 nitrogen and oxygen atoms in total. The van der Waals surface area contributed by atoms with Crippen LogP contribution >= 0.6 is 15.9 Å². The van der Waals surface area contributed by atoms with Gasteiger partial charge in [0.2, 0.25) is 11.8 Å². The Balaban J connectivity index is 1.69. The first-order valence-electron chi connectivity index (χ1n) is 13.5. The molecule has 0 saturated heterocycles. The van der Waals surface area contributed by atoms with Crippen LogP contribution in [0.3, 0.4) is 0 Å². The number of benzene rings is 3. The van der Waals surface area contributed by atoms with Crippen molar-refractivity contribution in [3.8, 4) is 0 Å². The van der Waals surface area contributed by atoms with Crippen LogP contribution in [0.5, 0.6) is 0 Å². The fourth-order valence-electron chi connectivity index (χ4n) is 4.96. The molecule has 3 aromatic rings. The van der Waals surface area contributed by atoms with Crippen LogP contribution in [0.25, 0.3) is 0 Å². The molecule has 3 aromatic carbocycles. The molecular weight excluding hydrogens is 590 g/mol. The van der Waals surface area contributed by atoms with Gasteiger partial charge in [0, 0.05) is 17.1 Å². The molecule has 1 aliphatic carbocycles. The van der Waals surface area contributed by atoms with Crippen LogP contribution < -0.4 is 9.62 Å². The molecule has 0 unspecified atom stereocenters. The van der Waals surface area contributed by atoms with E-state index in [1.165, 1.54) is 4.90 Å². The van der Waals surface area contributed by atoms with Gasteiger partial charge in [0.05, 0.1) is 10.6 Å². The van der Waals surface area contributed by atoms with E-state index in [1.54, 1.807) is 49.4 Å². The van der Waals surface area contributed by atoms with E-state index in [-0.39, 0.29) is 23.4 Å². The Morgan fingerprint density at radius 3 is 2.27 bits per heavy atom. The second kappa shape index (κ2) is 13.0. The van der Waals surface area contributed by atoms with E-state index in [0.29, 0.717) is 5.69 Å². The standard InChI is InChI=1S/C31H36BrN3O4S/c1-22-14-16-29(17-15-22)40(38,39)35(28-13-6-8-23(2)18-28)21-30(36)34(20-25-9-7-10-26(32)19-25)24(3)31(37)33-27-11-4-5-12-27/h6-10,13-19,24,27H,4-5,11-12,20-21H2,1-3H3,(H,33,37)/t24-/m1/s1. The highest BCUT2D eigenvalue weighted by atomic mass is 79.9. The van der Waals surface area contributed by atoms with Crippen LogP contribution in [0.2, 0.25) is 0 Å². The van der Waals surface area contributed by atoms with Gasteiger partial charge in [-0.1, -0.05) is 70.7 Å². The molecule has 2 amide bonds. The molecule has 4 rings (SSSR count). The summed E-state index contributed by atoms with van der Waals surface area (Å²) in [5, 5.41) is 3.09. The summed E-state index contributed by atoms with van der Waals surface area (Å²) >= 11 is 3.48. The fourth-order valence-corrected chi connectivity index (χ4v) is 6.81. The largest absolute Gasteiger partial charge is 0.352 e. The average Bonchev–Trinajstić information content (AvgIpc) is 3.43. The van der Waals surface area contributed by atoms with Crippen LogP contribution in [0.4, 0.5) is 5.69 Å². The summed E-state index contributed by atoms with van der Waals surface area (Å²) in [4.78, 5) is 28.9. The summed E-state index contributed by atoms with van der Waals surface area (Å²) in [7, 11) is -4.08. The molecule has 0 aromatic heterocycles. The van der Waals surface area contributed by atoms with Crippen molar-refractivity contribution < 1.29 is 18.0 Å². The second-order valence-electron chi connectivity index (χ2n) is 10.5. The van der Waals surface area contributed by atoms with Gasteiger partial charge in [0.25, 0.3) is 10.0 Å². The molecular formula is C31H36BrN3O4S. The van der Waals surface area contributed by atoms with Crippen LogP contribution in [-0.4, -0.2) is 43.8 Å². The summed E-state index contributed by atoms with van der Waals surface area (Å²) in [5.74, 6) is -0.704. The molecule has 0 radical (unpaired) electrons. The molecule has 40 heavy (non-hydrogen) atoms. The summed E-state index contributed by atoms with van der Waals surface area (Å²) < 4.78 is 29.8. The number of nitrogens with one attached hydrogen (secondary N) is 1.